The summed E-state index contributed by atoms with van der Waals surface area (Å²) < 4.78 is 5.53. The summed E-state index contributed by atoms with van der Waals surface area (Å²) >= 11 is 0. The van der Waals surface area contributed by atoms with Gasteiger partial charge in [0.1, 0.15) is 11.5 Å². The molecule has 3 aromatic rings. The molecule has 0 aliphatic heterocycles. The van der Waals surface area contributed by atoms with E-state index in [4.69, 9.17) is 4.74 Å². The van der Waals surface area contributed by atoms with Crippen LogP contribution in [0.4, 0.5) is 0 Å². The van der Waals surface area contributed by atoms with Gasteiger partial charge in [0.2, 0.25) is 0 Å². The predicted octanol–water partition coefficient (Wildman–Crippen LogP) is 5.03. The molecular weight excluding hydrogens is 402 g/mol. The summed E-state index contributed by atoms with van der Waals surface area (Å²) in [5, 5.41) is 0. The topological polar surface area (TPSA) is 73.3 Å². The van der Waals surface area contributed by atoms with Crippen LogP contribution in [0, 0.1) is 0 Å². The first-order valence-corrected chi connectivity index (χ1v) is 10.6. The SMILES string of the molecule is CCCC(=O)Cc1cc(OC(=O)c2cccnc2)ccc1C1=CC(=O)c2ccccc2C1. The van der Waals surface area contributed by atoms with Crippen molar-refractivity contribution in [1.82, 2.24) is 4.98 Å². The Morgan fingerprint density at radius 2 is 1.88 bits per heavy atom. The minimum atomic E-state index is -0.516. The Hall–Kier alpha value is -3.86. The van der Waals surface area contributed by atoms with E-state index in [-0.39, 0.29) is 18.0 Å². The minimum absolute atomic E-state index is 0.0419. The number of hydrogen-bond donors (Lipinski definition) is 0. The van der Waals surface area contributed by atoms with Gasteiger partial charge in [-0.2, -0.15) is 0 Å². The van der Waals surface area contributed by atoms with Crippen molar-refractivity contribution in [3.63, 3.8) is 0 Å². The Morgan fingerprint density at radius 1 is 1.03 bits per heavy atom. The lowest BCUT2D eigenvalue weighted by Gasteiger charge is -2.19. The van der Waals surface area contributed by atoms with Gasteiger partial charge in [-0.15, -0.1) is 0 Å². The molecule has 4 rings (SSSR count). The molecule has 1 aliphatic rings. The van der Waals surface area contributed by atoms with E-state index in [1.807, 2.05) is 37.3 Å². The van der Waals surface area contributed by atoms with Crippen molar-refractivity contribution in [2.24, 2.45) is 0 Å². The third-order valence-electron chi connectivity index (χ3n) is 5.42. The van der Waals surface area contributed by atoms with Gasteiger partial charge < -0.3 is 4.74 Å². The summed E-state index contributed by atoms with van der Waals surface area (Å²) in [7, 11) is 0. The van der Waals surface area contributed by atoms with Crippen molar-refractivity contribution in [2.45, 2.75) is 32.6 Å². The van der Waals surface area contributed by atoms with E-state index < -0.39 is 5.97 Å². The quantitative estimate of drug-likeness (QED) is 0.392. The van der Waals surface area contributed by atoms with E-state index in [1.165, 1.54) is 6.20 Å². The van der Waals surface area contributed by atoms with Gasteiger partial charge >= 0.3 is 5.97 Å². The van der Waals surface area contributed by atoms with E-state index >= 15 is 0 Å². The highest BCUT2D eigenvalue weighted by Crippen LogP contribution is 2.32. The third kappa shape index (κ3) is 4.72. The van der Waals surface area contributed by atoms with Crippen LogP contribution in [0.25, 0.3) is 5.57 Å². The van der Waals surface area contributed by atoms with E-state index in [1.54, 1.807) is 36.5 Å². The predicted molar refractivity (Wildman–Crippen MR) is 122 cm³/mol. The van der Waals surface area contributed by atoms with Crippen LogP contribution in [-0.4, -0.2) is 22.5 Å². The van der Waals surface area contributed by atoms with Gasteiger partial charge in [0, 0.05) is 30.8 Å². The van der Waals surface area contributed by atoms with E-state index in [9.17, 15) is 14.4 Å². The second-order valence-electron chi connectivity index (χ2n) is 7.78. The van der Waals surface area contributed by atoms with E-state index in [2.05, 4.69) is 4.98 Å². The maximum atomic E-state index is 12.7. The summed E-state index contributed by atoms with van der Waals surface area (Å²) in [6.07, 6.45) is 6.73. The largest absolute Gasteiger partial charge is 0.423 e. The zero-order chi connectivity index (χ0) is 22.5. The molecule has 32 heavy (non-hydrogen) atoms. The molecule has 1 aromatic heterocycles. The maximum Gasteiger partial charge on any atom is 0.345 e. The first-order valence-electron chi connectivity index (χ1n) is 10.6. The number of aromatic nitrogens is 1. The summed E-state index contributed by atoms with van der Waals surface area (Å²) in [6.45, 7) is 1.96. The molecule has 1 heterocycles. The molecule has 0 amide bonds. The fourth-order valence-electron chi connectivity index (χ4n) is 3.90. The maximum absolute atomic E-state index is 12.7. The molecule has 0 radical (unpaired) electrons. The lowest BCUT2D eigenvalue weighted by molar-refractivity contribution is -0.118. The highest BCUT2D eigenvalue weighted by atomic mass is 16.5. The zero-order valence-electron chi connectivity index (χ0n) is 17.8. The lowest BCUT2D eigenvalue weighted by atomic mass is 9.85. The van der Waals surface area contributed by atoms with Crippen molar-refractivity contribution in [2.75, 3.05) is 0 Å². The fourth-order valence-corrected chi connectivity index (χ4v) is 3.90. The Balaban J connectivity index is 1.67. The Morgan fingerprint density at radius 3 is 2.66 bits per heavy atom. The van der Waals surface area contributed by atoms with Crippen molar-refractivity contribution < 1.29 is 19.1 Å². The Bertz CT molecular complexity index is 1210. The molecule has 0 atom stereocenters. The van der Waals surface area contributed by atoms with Gasteiger partial charge in [-0.05, 0) is 65.4 Å². The van der Waals surface area contributed by atoms with Crippen LogP contribution in [0.2, 0.25) is 0 Å². The number of Topliss-reactive ketones (excluding diaryl/α,β-unsaturated/α-hetero) is 1. The number of carbonyl (C=O) groups excluding carboxylic acids is 3. The number of nitrogens with zero attached hydrogens (tertiary/aromatic N) is 1. The molecule has 5 heteroatoms. The monoisotopic (exact) mass is 425 g/mol. The molecule has 5 nitrogen and oxygen atoms in total. The van der Waals surface area contributed by atoms with Crippen LogP contribution >= 0.6 is 0 Å². The average molecular weight is 425 g/mol. The number of benzene rings is 2. The fraction of sp³-hybridized carbons (Fsp3) is 0.185. The smallest absolute Gasteiger partial charge is 0.345 e. The number of carbonyl (C=O) groups is 3. The average Bonchev–Trinajstić information content (AvgIpc) is 2.80. The van der Waals surface area contributed by atoms with Crippen molar-refractivity contribution in [3.05, 3.63) is 101 Å². The van der Waals surface area contributed by atoms with Gasteiger partial charge in [0.05, 0.1) is 5.56 Å². The number of ketones is 2. The molecule has 1 aliphatic carbocycles. The van der Waals surface area contributed by atoms with Crippen LogP contribution in [0.15, 0.2) is 73.1 Å². The van der Waals surface area contributed by atoms with Crippen LogP contribution in [0.1, 0.15) is 57.2 Å². The minimum Gasteiger partial charge on any atom is -0.423 e. The highest BCUT2D eigenvalue weighted by molar-refractivity contribution is 6.12. The Kier molecular flexibility index (Phi) is 6.36. The number of ether oxygens (including phenoxy) is 1. The van der Waals surface area contributed by atoms with Gasteiger partial charge in [-0.25, -0.2) is 4.79 Å². The number of esters is 1. The summed E-state index contributed by atoms with van der Waals surface area (Å²) in [5.74, 6) is -0.102. The first-order chi connectivity index (χ1) is 15.5. The summed E-state index contributed by atoms with van der Waals surface area (Å²) in [6, 6.07) is 16.1. The molecule has 0 saturated heterocycles. The summed E-state index contributed by atoms with van der Waals surface area (Å²) in [4.78, 5) is 41.5. The van der Waals surface area contributed by atoms with Crippen LogP contribution < -0.4 is 4.74 Å². The number of fused-ring (bicyclic) bond motifs is 1. The van der Waals surface area contributed by atoms with Crippen LogP contribution in [0.3, 0.4) is 0 Å². The van der Waals surface area contributed by atoms with Gasteiger partial charge in [-0.3, -0.25) is 14.6 Å². The second-order valence-corrected chi connectivity index (χ2v) is 7.78. The number of rotatable bonds is 7. The van der Waals surface area contributed by atoms with E-state index in [0.29, 0.717) is 29.7 Å². The standard InChI is InChI=1S/C27H23NO4/c1-2-6-22(29)14-21-15-23(32-27(31)19-8-5-12-28-17-19)10-11-24(21)20-13-18-7-3-4-9-25(18)26(30)16-20/h3-5,7-12,15-17H,2,6,13-14H2,1H3. The van der Waals surface area contributed by atoms with Gasteiger partial charge in [-0.1, -0.05) is 37.3 Å². The van der Waals surface area contributed by atoms with Crippen molar-refractivity contribution >= 4 is 23.1 Å². The zero-order valence-corrected chi connectivity index (χ0v) is 17.8. The third-order valence-corrected chi connectivity index (χ3v) is 5.42. The molecular formula is C27H23NO4. The number of hydrogen-bond acceptors (Lipinski definition) is 5. The molecule has 160 valence electrons. The summed E-state index contributed by atoms with van der Waals surface area (Å²) in [5.41, 5.74) is 4.46. The van der Waals surface area contributed by atoms with Gasteiger partial charge in [0.15, 0.2) is 5.78 Å². The lowest BCUT2D eigenvalue weighted by Crippen LogP contribution is -2.13. The van der Waals surface area contributed by atoms with Gasteiger partial charge in [0.25, 0.3) is 0 Å². The van der Waals surface area contributed by atoms with Crippen LogP contribution in [-0.2, 0) is 17.6 Å². The number of pyridine rings is 1. The normalized spacial score (nSPS) is 12.7. The van der Waals surface area contributed by atoms with Crippen molar-refractivity contribution in [1.29, 1.82) is 0 Å². The molecule has 0 bridgehead atoms. The first kappa shape index (κ1) is 21.4. The van der Waals surface area contributed by atoms with Crippen LogP contribution in [0.5, 0.6) is 5.75 Å². The van der Waals surface area contributed by atoms with E-state index in [0.717, 1.165) is 28.7 Å². The highest BCUT2D eigenvalue weighted by Gasteiger charge is 2.21. The molecule has 0 saturated carbocycles. The molecule has 0 fully saturated rings. The molecule has 0 unspecified atom stereocenters. The second kappa shape index (κ2) is 9.52. The molecule has 2 aromatic carbocycles. The molecule has 0 spiro atoms. The van der Waals surface area contributed by atoms with Crippen molar-refractivity contribution in [3.8, 4) is 5.75 Å². The Labute approximate surface area is 186 Å². The molecule has 0 N–H and O–H groups in total. The number of allylic oxidation sites excluding steroid dienone is 2.